The van der Waals surface area contributed by atoms with Gasteiger partial charge in [-0.15, -0.1) is 0 Å². The molecule has 0 saturated heterocycles. The number of hydrogen-bond acceptors (Lipinski definition) is 2. The normalized spacial score (nSPS) is 14.2. The summed E-state index contributed by atoms with van der Waals surface area (Å²) < 4.78 is 27.9. The van der Waals surface area contributed by atoms with Crippen molar-refractivity contribution in [3.8, 4) is 0 Å². The van der Waals surface area contributed by atoms with Crippen LogP contribution in [0.25, 0.3) is 0 Å². The van der Waals surface area contributed by atoms with E-state index in [4.69, 9.17) is 0 Å². The van der Waals surface area contributed by atoms with Gasteiger partial charge in [0.15, 0.2) is 0 Å². The van der Waals surface area contributed by atoms with Gasteiger partial charge in [0.05, 0.1) is 10.2 Å². The molecule has 1 saturated carbocycles. The van der Waals surface area contributed by atoms with E-state index < -0.39 is 6.43 Å². The first-order valence-electron chi connectivity index (χ1n) is 7.78. The smallest absolute Gasteiger partial charge is 0.283 e. The van der Waals surface area contributed by atoms with Gasteiger partial charge in [-0.05, 0) is 59.8 Å². The number of aryl methyl sites for hydroxylation is 2. The second-order valence-electron chi connectivity index (χ2n) is 6.18. The monoisotopic (exact) mass is 397 g/mol. The Balaban J connectivity index is 1.81. The molecule has 1 N–H and O–H groups in total. The van der Waals surface area contributed by atoms with Crippen LogP contribution in [0.1, 0.15) is 47.7 Å². The fourth-order valence-corrected chi connectivity index (χ4v) is 3.46. The molecule has 1 aliphatic carbocycles. The van der Waals surface area contributed by atoms with Gasteiger partial charge >= 0.3 is 0 Å². The minimum absolute atomic E-state index is 0.0788. The molecule has 128 valence electrons. The number of benzene rings is 1. The van der Waals surface area contributed by atoms with Crippen molar-refractivity contribution in [3.05, 3.63) is 45.2 Å². The van der Waals surface area contributed by atoms with E-state index in [1.165, 1.54) is 4.68 Å². The quantitative estimate of drug-likeness (QED) is 0.793. The van der Waals surface area contributed by atoms with Crippen LogP contribution in [0.15, 0.2) is 22.7 Å². The van der Waals surface area contributed by atoms with Crippen molar-refractivity contribution in [1.29, 1.82) is 0 Å². The minimum Gasteiger partial charge on any atom is -0.324 e. The van der Waals surface area contributed by atoms with Crippen molar-refractivity contribution < 1.29 is 13.6 Å². The number of hydrogen-bond donors (Lipinski definition) is 1. The Kier molecular flexibility index (Phi) is 4.71. The molecule has 2 aromatic rings. The first kappa shape index (κ1) is 17.1. The van der Waals surface area contributed by atoms with E-state index in [0.29, 0.717) is 10.2 Å². The molecular formula is C17H18BrF2N3O. The van der Waals surface area contributed by atoms with Crippen molar-refractivity contribution in [2.24, 2.45) is 0 Å². The van der Waals surface area contributed by atoms with Crippen LogP contribution in [-0.4, -0.2) is 15.7 Å². The molecule has 1 fully saturated rings. The van der Waals surface area contributed by atoms with Crippen LogP contribution >= 0.6 is 15.9 Å². The maximum atomic E-state index is 13.1. The molecule has 0 atom stereocenters. The molecule has 1 aromatic carbocycles. The Bertz CT molecular complexity index is 784. The third-order valence-corrected chi connectivity index (χ3v) is 4.90. The predicted octanol–water partition coefficient (Wildman–Crippen LogP) is 4.72. The van der Waals surface area contributed by atoms with E-state index in [2.05, 4.69) is 26.3 Å². The highest BCUT2D eigenvalue weighted by atomic mass is 79.9. The second kappa shape index (κ2) is 6.63. The van der Waals surface area contributed by atoms with Crippen molar-refractivity contribution >= 4 is 27.5 Å². The third kappa shape index (κ3) is 3.50. The Morgan fingerprint density at radius 2 is 2.12 bits per heavy atom. The Hall–Kier alpha value is -1.76. The Labute approximate surface area is 147 Å². The lowest BCUT2D eigenvalue weighted by molar-refractivity contribution is -0.117. The summed E-state index contributed by atoms with van der Waals surface area (Å²) in [6.07, 6.45) is -0.794. The third-order valence-electron chi connectivity index (χ3n) is 4.09. The lowest BCUT2D eigenvalue weighted by Crippen LogP contribution is -2.21. The first-order chi connectivity index (χ1) is 11.4. The standard InChI is InChI=1S/C17H18BrF2N3O/c1-9-3-4-10(2)12(7-9)21-13(24)8-23-16(11-5-6-11)14(18)15(22-23)17(19)20/h3-4,7,11,17H,5-6,8H2,1-2H3,(H,21,24). The summed E-state index contributed by atoms with van der Waals surface area (Å²) in [6, 6.07) is 5.79. The number of nitrogens with zero attached hydrogens (tertiary/aromatic N) is 2. The molecule has 4 nitrogen and oxygen atoms in total. The van der Waals surface area contributed by atoms with Gasteiger partial charge in [-0.3, -0.25) is 9.48 Å². The summed E-state index contributed by atoms with van der Waals surface area (Å²) in [5, 5.41) is 6.79. The molecule has 1 aliphatic rings. The SMILES string of the molecule is Cc1ccc(C)c(NC(=O)Cn2nc(C(F)F)c(Br)c2C2CC2)c1. The minimum atomic E-state index is -2.67. The molecule has 0 radical (unpaired) electrons. The zero-order valence-corrected chi connectivity index (χ0v) is 15.0. The Morgan fingerprint density at radius 3 is 2.75 bits per heavy atom. The van der Waals surface area contributed by atoms with Crippen molar-refractivity contribution in [3.63, 3.8) is 0 Å². The highest BCUT2D eigenvalue weighted by molar-refractivity contribution is 9.10. The van der Waals surface area contributed by atoms with Crippen LogP contribution in [0.5, 0.6) is 0 Å². The van der Waals surface area contributed by atoms with E-state index in [0.717, 1.165) is 29.7 Å². The number of halogens is 3. The second-order valence-corrected chi connectivity index (χ2v) is 6.98. The number of aromatic nitrogens is 2. The average Bonchev–Trinajstić information content (AvgIpc) is 3.27. The fourth-order valence-electron chi connectivity index (χ4n) is 2.68. The summed E-state index contributed by atoms with van der Waals surface area (Å²) in [6.45, 7) is 3.77. The van der Waals surface area contributed by atoms with Gasteiger partial charge in [0.25, 0.3) is 6.43 Å². The lowest BCUT2D eigenvalue weighted by Gasteiger charge is -2.11. The zero-order valence-electron chi connectivity index (χ0n) is 13.4. The van der Waals surface area contributed by atoms with Gasteiger partial charge in [0.1, 0.15) is 12.2 Å². The molecule has 7 heteroatoms. The molecule has 0 unspecified atom stereocenters. The highest BCUT2D eigenvalue weighted by Crippen LogP contribution is 2.45. The molecule has 3 rings (SSSR count). The van der Waals surface area contributed by atoms with E-state index in [1.54, 1.807) is 0 Å². The average molecular weight is 398 g/mol. The largest absolute Gasteiger partial charge is 0.324 e. The topological polar surface area (TPSA) is 46.9 Å². The maximum absolute atomic E-state index is 13.1. The molecule has 1 amide bonds. The van der Waals surface area contributed by atoms with Crippen molar-refractivity contribution in [2.75, 3.05) is 5.32 Å². The van der Waals surface area contributed by atoms with Crippen molar-refractivity contribution in [1.82, 2.24) is 9.78 Å². The van der Waals surface area contributed by atoms with E-state index >= 15 is 0 Å². The van der Waals surface area contributed by atoms with Gasteiger partial charge in [0, 0.05) is 11.6 Å². The molecule has 0 bridgehead atoms. The van der Waals surface area contributed by atoms with Crippen LogP contribution in [0.4, 0.5) is 14.5 Å². The summed E-state index contributed by atoms with van der Waals surface area (Å²) in [4.78, 5) is 12.4. The number of carbonyl (C=O) groups is 1. The van der Waals surface area contributed by atoms with Crippen LogP contribution in [0, 0.1) is 13.8 Å². The van der Waals surface area contributed by atoms with Crippen LogP contribution in [0.2, 0.25) is 0 Å². The van der Waals surface area contributed by atoms with E-state index in [9.17, 15) is 13.6 Å². The number of anilines is 1. The molecule has 0 spiro atoms. The number of amides is 1. The van der Waals surface area contributed by atoms with E-state index in [-0.39, 0.29) is 24.1 Å². The van der Waals surface area contributed by atoms with Crippen molar-refractivity contribution in [2.45, 2.75) is 45.6 Å². The van der Waals surface area contributed by atoms with Crippen LogP contribution in [-0.2, 0) is 11.3 Å². The lowest BCUT2D eigenvalue weighted by atomic mass is 10.1. The van der Waals surface area contributed by atoms with Crippen LogP contribution in [0.3, 0.4) is 0 Å². The fraction of sp³-hybridized carbons (Fsp3) is 0.412. The molecule has 1 heterocycles. The Morgan fingerprint density at radius 1 is 1.42 bits per heavy atom. The number of alkyl halides is 2. The number of nitrogens with one attached hydrogen (secondary N) is 1. The van der Waals surface area contributed by atoms with Crippen LogP contribution < -0.4 is 5.32 Å². The number of rotatable bonds is 5. The maximum Gasteiger partial charge on any atom is 0.283 e. The van der Waals surface area contributed by atoms with E-state index in [1.807, 2.05) is 32.0 Å². The molecule has 0 aliphatic heterocycles. The highest BCUT2D eigenvalue weighted by Gasteiger charge is 2.34. The molecule has 24 heavy (non-hydrogen) atoms. The van der Waals surface area contributed by atoms with Gasteiger partial charge in [-0.1, -0.05) is 12.1 Å². The van der Waals surface area contributed by atoms with Gasteiger partial charge in [0.2, 0.25) is 5.91 Å². The molecular weight excluding hydrogens is 380 g/mol. The van der Waals surface area contributed by atoms with Gasteiger partial charge in [-0.2, -0.15) is 5.10 Å². The van der Waals surface area contributed by atoms with Gasteiger partial charge < -0.3 is 5.32 Å². The summed E-state index contributed by atoms with van der Waals surface area (Å²) in [5.41, 5.74) is 3.12. The first-order valence-corrected chi connectivity index (χ1v) is 8.57. The summed E-state index contributed by atoms with van der Waals surface area (Å²) in [5.74, 6) is -0.0747. The molecule has 1 aromatic heterocycles. The zero-order chi connectivity index (χ0) is 17.4. The van der Waals surface area contributed by atoms with Gasteiger partial charge in [-0.25, -0.2) is 8.78 Å². The predicted molar refractivity (Wildman–Crippen MR) is 91.4 cm³/mol. The summed E-state index contributed by atoms with van der Waals surface area (Å²) >= 11 is 3.23. The summed E-state index contributed by atoms with van der Waals surface area (Å²) in [7, 11) is 0. The number of carbonyl (C=O) groups excluding carboxylic acids is 1.